The Morgan fingerprint density at radius 2 is 1.03 bits per heavy atom. The van der Waals surface area contributed by atoms with Crippen molar-refractivity contribution >= 4 is 44.7 Å². The van der Waals surface area contributed by atoms with Crippen molar-refractivity contribution < 1.29 is 0 Å². The molecule has 152 valence electrons. The third kappa shape index (κ3) is 3.41. The van der Waals surface area contributed by atoms with E-state index in [1.165, 1.54) is 11.1 Å². The van der Waals surface area contributed by atoms with Gasteiger partial charge in [0.05, 0.1) is 0 Å². The van der Waals surface area contributed by atoms with Crippen molar-refractivity contribution in [2.24, 2.45) is 0 Å². The van der Waals surface area contributed by atoms with Gasteiger partial charge in [-0.3, -0.25) is 0 Å². The van der Waals surface area contributed by atoms with Gasteiger partial charge in [-0.25, -0.2) is 0 Å². The molecule has 0 fully saturated rings. The molecule has 0 nitrogen and oxygen atoms in total. The van der Waals surface area contributed by atoms with Crippen molar-refractivity contribution in [3.8, 4) is 22.3 Å². The summed E-state index contributed by atoms with van der Waals surface area (Å²) in [7, 11) is 0. The van der Waals surface area contributed by atoms with Crippen LogP contribution >= 0.6 is 23.2 Å². The van der Waals surface area contributed by atoms with Crippen LogP contribution in [0.15, 0.2) is 84.9 Å². The molecule has 0 aliphatic heterocycles. The average Bonchev–Trinajstić information content (AvgIpc) is 2.79. The lowest BCUT2D eigenvalue weighted by molar-refractivity contribution is 1.14. The van der Waals surface area contributed by atoms with Gasteiger partial charge in [-0.2, -0.15) is 0 Å². The normalized spacial score (nSPS) is 11.4. The summed E-state index contributed by atoms with van der Waals surface area (Å²) in [5.74, 6) is 0. The van der Waals surface area contributed by atoms with E-state index >= 15 is 0 Å². The Morgan fingerprint density at radius 1 is 0.581 bits per heavy atom. The van der Waals surface area contributed by atoms with Crippen LogP contribution in [0.5, 0.6) is 0 Å². The van der Waals surface area contributed by atoms with E-state index in [0.29, 0.717) is 0 Å². The molecule has 0 aliphatic carbocycles. The molecule has 2 heteroatoms. The summed E-state index contributed by atoms with van der Waals surface area (Å²) in [6.45, 7) is 4.28. The Balaban J connectivity index is 2.00. The fourth-order valence-electron chi connectivity index (χ4n) is 4.47. The van der Waals surface area contributed by atoms with Gasteiger partial charge in [0.1, 0.15) is 0 Å². The number of hydrogen-bond acceptors (Lipinski definition) is 0. The summed E-state index contributed by atoms with van der Waals surface area (Å²) in [5, 5.41) is 5.87. The third-order valence-electron chi connectivity index (χ3n) is 6.06. The van der Waals surface area contributed by atoms with Crippen molar-refractivity contribution in [2.75, 3.05) is 0 Å². The van der Waals surface area contributed by atoms with E-state index in [2.05, 4.69) is 74.5 Å². The molecule has 0 N–H and O–H groups in total. The Hall–Kier alpha value is -2.80. The van der Waals surface area contributed by atoms with E-state index in [-0.39, 0.29) is 0 Å². The fourth-order valence-corrected chi connectivity index (χ4v) is 5.01. The maximum atomic E-state index is 6.86. The Morgan fingerprint density at radius 3 is 1.48 bits per heavy atom. The van der Waals surface area contributed by atoms with Crippen LogP contribution in [0.25, 0.3) is 43.8 Å². The number of hydrogen-bond donors (Lipinski definition) is 0. The summed E-state index contributed by atoms with van der Waals surface area (Å²) in [6.07, 6.45) is 1.01. The standard InChI is InChI=1S/C29H22Cl2/c1-3-19-12-16-21(17-13-19)27-23-7-5-8-24(30)28(23)26(20-14-10-18(2)11-15-20)22-6-4-9-25(31)29(22)27/h4-17H,3H2,1-2H3. The van der Waals surface area contributed by atoms with Gasteiger partial charge in [-0.15, -0.1) is 0 Å². The minimum absolute atomic E-state index is 0.751. The van der Waals surface area contributed by atoms with Crippen molar-refractivity contribution in [3.05, 3.63) is 106 Å². The highest BCUT2D eigenvalue weighted by molar-refractivity contribution is 6.42. The molecule has 0 aromatic heterocycles. The second-order valence-electron chi connectivity index (χ2n) is 7.99. The van der Waals surface area contributed by atoms with Crippen LogP contribution in [0.4, 0.5) is 0 Å². The van der Waals surface area contributed by atoms with E-state index < -0.39 is 0 Å². The summed E-state index contributed by atoms with van der Waals surface area (Å²) < 4.78 is 0. The van der Waals surface area contributed by atoms with E-state index in [9.17, 15) is 0 Å². The van der Waals surface area contributed by atoms with Crippen LogP contribution < -0.4 is 0 Å². The van der Waals surface area contributed by atoms with Crippen molar-refractivity contribution in [1.82, 2.24) is 0 Å². The molecular weight excluding hydrogens is 419 g/mol. The molecule has 0 heterocycles. The first-order valence-corrected chi connectivity index (χ1v) is 11.3. The van der Waals surface area contributed by atoms with E-state index in [4.69, 9.17) is 23.2 Å². The van der Waals surface area contributed by atoms with E-state index in [0.717, 1.165) is 60.3 Å². The molecular formula is C29H22Cl2. The van der Waals surface area contributed by atoms with E-state index in [1.807, 2.05) is 24.3 Å². The van der Waals surface area contributed by atoms with Gasteiger partial charge >= 0.3 is 0 Å². The van der Waals surface area contributed by atoms with Crippen LogP contribution in [0.1, 0.15) is 18.1 Å². The van der Waals surface area contributed by atoms with E-state index in [1.54, 1.807) is 0 Å². The fraction of sp³-hybridized carbons (Fsp3) is 0.103. The smallest absolute Gasteiger partial charge is 0.0491 e. The van der Waals surface area contributed by atoms with Gasteiger partial charge in [0.15, 0.2) is 0 Å². The lowest BCUT2D eigenvalue weighted by atomic mass is 9.85. The lowest BCUT2D eigenvalue weighted by Crippen LogP contribution is -1.92. The largest absolute Gasteiger partial charge is 0.0836 e. The first kappa shape index (κ1) is 20.1. The predicted molar refractivity (Wildman–Crippen MR) is 136 cm³/mol. The zero-order chi connectivity index (χ0) is 21.5. The van der Waals surface area contributed by atoms with Crippen molar-refractivity contribution in [3.63, 3.8) is 0 Å². The minimum Gasteiger partial charge on any atom is -0.0836 e. The molecule has 5 rings (SSSR count). The molecule has 5 aromatic rings. The number of rotatable bonds is 3. The Kier molecular flexibility index (Phi) is 5.22. The topological polar surface area (TPSA) is 0 Å². The molecule has 0 radical (unpaired) electrons. The van der Waals surface area contributed by atoms with Crippen LogP contribution in [-0.2, 0) is 6.42 Å². The first-order valence-electron chi connectivity index (χ1n) is 10.6. The Labute approximate surface area is 193 Å². The summed E-state index contributed by atoms with van der Waals surface area (Å²) in [6, 6.07) is 29.7. The van der Waals surface area contributed by atoms with Gasteiger partial charge in [0.25, 0.3) is 0 Å². The molecule has 0 saturated carbocycles. The molecule has 0 amide bonds. The highest BCUT2D eigenvalue weighted by Crippen LogP contribution is 2.47. The van der Waals surface area contributed by atoms with Gasteiger partial charge in [-0.05, 0) is 64.1 Å². The van der Waals surface area contributed by atoms with Crippen LogP contribution in [-0.4, -0.2) is 0 Å². The second kappa shape index (κ2) is 8.04. The van der Waals surface area contributed by atoms with Crippen LogP contribution in [0.2, 0.25) is 10.0 Å². The molecule has 0 aliphatic rings. The minimum atomic E-state index is 0.751. The quantitative estimate of drug-likeness (QED) is 0.245. The monoisotopic (exact) mass is 440 g/mol. The molecule has 0 saturated heterocycles. The maximum absolute atomic E-state index is 6.86. The number of halogens is 2. The molecule has 0 spiro atoms. The van der Waals surface area contributed by atoms with Crippen LogP contribution in [0.3, 0.4) is 0 Å². The zero-order valence-electron chi connectivity index (χ0n) is 17.5. The van der Waals surface area contributed by atoms with Crippen molar-refractivity contribution in [2.45, 2.75) is 20.3 Å². The summed E-state index contributed by atoms with van der Waals surface area (Å²) in [4.78, 5) is 0. The molecule has 5 aromatic carbocycles. The highest BCUT2D eigenvalue weighted by Gasteiger charge is 2.20. The van der Waals surface area contributed by atoms with Gasteiger partial charge in [0, 0.05) is 20.8 Å². The lowest BCUT2D eigenvalue weighted by Gasteiger charge is -2.19. The molecule has 0 unspecified atom stereocenters. The molecule has 0 atom stereocenters. The summed E-state index contributed by atoms with van der Waals surface area (Å²) in [5.41, 5.74) is 7.11. The summed E-state index contributed by atoms with van der Waals surface area (Å²) >= 11 is 13.7. The maximum Gasteiger partial charge on any atom is 0.0491 e. The predicted octanol–water partition coefficient (Wildman–Crippen LogP) is 9.50. The number of fused-ring (bicyclic) bond motifs is 2. The van der Waals surface area contributed by atoms with Gasteiger partial charge < -0.3 is 0 Å². The number of benzene rings is 5. The SMILES string of the molecule is CCc1ccc(-c2c3cccc(Cl)c3c(-c3ccc(C)cc3)c3cccc(Cl)c23)cc1. The second-order valence-corrected chi connectivity index (χ2v) is 8.81. The first-order chi connectivity index (χ1) is 15.1. The molecule has 31 heavy (non-hydrogen) atoms. The Bertz CT molecular complexity index is 1410. The van der Waals surface area contributed by atoms with Crippen molar-refractivity contribution in [1.29, 1.82) is 0 Å². The van der Waals surface area contributed by atoms with Gasteiger partial charge in [-0.1, -0.05) is 108 Å². The zero-order valence-corrected chi connectivity index (χ0v) is 19.1. The highest BCUT2D eigenvalue weighted by atomic mass is 35.5. The number of aryl methyl sites for hydroxylation is 2. The van der Waals surface area contributed by atoms with Crippen LogP contribution in [0, 0.1) is 6.92 Å². The average molecular weight is 441 g/mol. The van der Waals surface area contributed by atoms with Gasteiger partial charge in [0.2, 0.25) is 0 Å². The molecule has 0 bridgehead atoms. The third-order valence-corrected chi connectivity index (χ3v) is 6.69.